The predicted octanol–water partition coefficient (Wildman–Crippen LogP) is 3.87. The molecule has 0 bridgehead atoms. The van der Waals surface area contributed by atoms with Crippen molar-refractivity contribution in [1.82, 2.24) is 10.2 Å². The summed E-state index contributed by atoms with van der Waals surface area (Å²) in [4.78, 5) is 3.83. The number of nitrogens with two attached hydrogens (primary N) is 2. The number of hydrogen-bond donors (Lipinski definition) is 3. The second kappa shape index (κ2) is 7.00. The SMILES string of the molecule is NC(N)=Nc1nnc(-c2ccccc2Nc2cccc(C(F)(F)F)c2)s1. The van der Waals surface area contributed by atoms with Gasteiger partial charge in [0.15, 0.2) is 11.0 Å². The summed E-state index contributed by atoms with van der Waals surface area (Å²) in [6.45, 7) is 0. The molecule has 134 valence electrons. The van der Waals surface area contributed by atoms with Crippen LogP contribution in [0.15, 0.2) is 53.5 Å². The maximum Gasteiger partial charge on any atom is 0.416 e. The molecular weight excluding hydrogens is 365 g/mol. The van der Waals surface area contributed by atoms with Crippen LogP contribution >= 0.6 is 11.3 Å². The van der Waals surface area contributed by atoms with E-state index in [1.54, 1.807) is 30.3 Å². The molecule has 10 heteroatoms. The molecule has 1 heterocycles. The van der Waals surface area contributed by atoms with Gasteiger partial charge in [-0.1, -0.05) is 29.5 Å². The summed E-state index contributed by atoms with van der Waals surface area (Å²) in [7, 11) is 0. The molecule has 6 nitrogen and oxygen atoms in total. The summed E-state index contributed by atoms with van der Waals surface area (Å²) in [6, 6.07) is 12.0. The normalized spacial score (nSPS) is 11.2. The number of alkyl halides is 3. The Hall–Kier alpha value is -3.14. The first-order chi connectivity index (χ1) is 12.3. The highest BCUT2D eigenvalue weighted by molar-refractivity contribution is 7.18. The average molecular weight is 378 g/mol. The summed E-state index contributed by atoms with van der Waals surface area (Å²) in [6.07, 6.45) is -4.41. The van der Waals surface area contributed by atoms with Crippen LogP contribution in [0.1, 0.15) is 5.56 Å². The number of rotatable bonds is 4. The van der Waals surface area contributed by atoms with Gasteiger partial charge in [0.05, 0.1) is 5.56 Å². The fourth-order valence-corrected chi connectivity index (χ4v) is 2.96. The predicted molar refractivity (Wildman–Crippen MR) is 95.5 cm³/mol. The first-order valence-corrected chi connectivity index (χ1v) is 8.11. The van der Waals surface area contributed by atoms with E-state index in [2.05, 4.69) is 20.5 Å². The molecule has 0 radical (unpaired) electrons. The number of benzene rings is 2. The van der Waals surface area contributed by atoms with E-state index in [0.29, 0.717) is 21.9 Å². The molecule has 0 fully saturated rings. The average Bonchev–Trinajstić information content (AvgIpc) is 3.02. The number of hydrogen-bond acceptors (Lipinski definition) is 5. The zero-order valence-corrected chi connectivity index (χ0v) is 14.0. The molecule has 26 heavy (non-hydrogen) atoms. The Morgan fingerprint density at radius 2 is 1.81 bits per heavy atom. The number of aliphatic imine (C=N–C) groups is 1. The third-order valence-electron chi connectivity index (χ3n) is 3.27. The lowest BCUT2D eigenvalue weighted by Crippen LogP contribution is -2.21. The quantitative estimate of drug-likeness (QED) is 0.472. The van der Waals surface area contributed by atoms with Crippen molar-refractivity contribution < 1.29 is 13.2 Å². The van der Waals surface area contributed by atoms with Crippen molar-refractivity contribution in [3.63, 3.8) is 0 Å². The molecule has 3 aromatic rings. The second-order valence-electron chi connectivity index (χ2n) is 5.18. The topological polar surface area (TPSA) is 102 Å². The first kappa shape index (κ1) is 17.7. The van der Waals surface area contributed by atoms with Crippen molar-refractivity contribution >= 4 is 33.8 Å². The Kier molecular flexibility index (Phi) is 4.76. The molecule has 1 aromatic heterocycles. The molecule has 0 saturated carbocycles. The van der Waals surface area contributed by atoms with Crippen LogP contribution in [0.4, 0.5) is 29.7 Å². The molecule has 0 aliphatic carbocycles. The molecule has 5 N–H and O–H groups in total. The lowest BCUT2D eigenvalue weighted by molar-refractivity contribution is -0.137. The van der Waals surface area contributed by atoms with Gasteiger partial charge in [-0.3, -0.25) is 0 Å². The lowest BCUT2D eigenvalue weighted by Gasteiger charge is -2.12. The molecular formula is C16H13F3N6S. The van der Waals surface area contributed by atoms with Gasteiger partial charge in [0.25, 0.3) is 0 Å². The van der Waals surface area contributed by atoms with Gasteiger partial charge in [0, 0.05) is 16.9 Å². The number of nitrogens with zero attached hydrogens (tertiary/aromatic N) is 3. The maximum absolute atomic E-state index is 12.9. The lowest BCUT2D eigenvalue weighted by atomic mass is 10.1. The van der Waals surface area contributed by atoms with Crippen LogP contribution in [0.3, 0.4) is 0 Å². The first-order valence-electron chi connectivity index (χ1n) is 7.30. The van der Waals surface area contributed by atoms with Gasteiger partial charge in [-0.15, -0.1) is 10.2 Å². The molecule has 0 saturated heterocycles. The van der Waals surface area contributed by atoms with Gasteiger partial charge in [0.2, 0.25) is 5.13 Å². The van der Waals surface area contributed by atoms with E-state index in [0.717, 1.165) is 23.5 Å². The van der Waals surface area contributed by atoms with Gasteiger partial charge in [-0.05, 0) is 30.3 Å². The van der Waals surface area contributed by atoms with Crippen LogP contribution in [0.25, 0.3) is 10.6 Å². The van der Waals surface area contributed by atoms with Gasteiger partial charge >= 0.3 is 6.18 Å². The molecule has 2 aromatic carbocycles. The number of anilines is 2. The zero-order chi connectivity index (χ0) is 18.7. The molecule has 0 atom stereocenters. The fourth-order valence-electron chi connectivity index (χ4n) is 2.19. The second-order valence-corrected chi connectivity index (χ2v) is 6.13. The molecule has 3 rings (SSSR count). The number of nitrogens with one attached hydrogen (secondary N) is 1. The number of guanidine groups is 1. The van der Waals surface area contributed by atoms with Crippen LogP contribution in [0.2, 0.25) is 0 Å². The van der Waals surface area contributed by atoms with Crippen molar-refractivity contribution in [2.24, 2.45) is 16.5 Å². The minimum atomic E-state index is -4.41. The molecule has 0 aliphatic heterocycles. The van der Waals surface area contributed by atoms with Crippen LogP contribution in [0.5, 0.6) is 0 Å². The Labute approximate surface area is 150 Å². The van der Waals surface area contributed by atoms with Crippen molar-refractivity contribution in [2.75, 3.05) is 5.32 Å². The highest BCUT2D eigenvalue weighted by atomic mass is 32.1. The minimum absolute atomic E-state index is 0.136. The fraction of sp³-hybridized carbons (Fsp3) is 0.0625. The summed E-state index contributed by atoms with van der Waals surface area (Å²) in [5, 5.41) is 11.7. The van der Waals surface area contributed by atoms with Crippen molar-refractivity contribution in [1.29, 1.82) is 0 Å². The largest absolute Gasteiger partial charge is 0.416 e. The number of aromatic nitrogens is 2. The zero-order valence-electron chi connectivity index (χ0n) is 13.2. The van der Waals surface area contributed by atoms with E-state index in [-0.39, 0.29) is 11.1 Å². The van der Waals surface area contributed by atoms with Crippen LogP contribution in [0, 0.1) is 0 Å². The van der Waals surface area contributed by atoms with Crippen LogP contribution in [-0.4, -0.2) is 16.2 Å². The molecule has 0 unspecified atom stereocenters. The van der Waals surface area contributed by atoms with Gasteiger partial charge < -0.3 is 16.8 Å². The summed E-state index contributed by atoms with van der Waals surface area (Å²) >= 11 is 1.16. The minimum Gasteiger partial charge on any atom is -0.370 e. The van der Waals surface area contributed by atoms with E-state index >= 15 is 0 Å². The third kappa shape index (κ3) is 4.09. The van der Waals surface area contributed by atoms with E-state index < -0.39 is 11.7 Å². The van der Waals surface area contributed by atoms with E-state index in [1.807, 2.05) is 0 Å². The van der Waals surface area contributed by atoms with E-state index in [1.165, 1.54) is 6.07 Å². The van der Waals surface area contributed by atoms with Crippen LogP contribution < -0.4 is 16.8 Å². The smallest absolute Gasteiger partial charge is 0.370 e. The summed E-state index contributed by atoms with van der Waals surface area (Å²) in [5.74, 6) is -0.136. The third-order valence-corrected chi connectivity index (χ3v) is 4.12. The molecule has 0 spiro atoms. The van der Waals surface area contributed by atoms with E-state index in [4.69, 9.17) is 11.5 Å². The Morgan fingerprint density at radius 1 is 1.04 bits per heavy atom. The van der Waals surface area contributed by atoms with E-state index in [9.17, 15) is 13.2 Å². The Balaban J connectivity index is 1.93. The van der Waals surface area contributed by atoms with Gasteiger partial charge in [-0.2, -0.15) is 18.2 Å². The monoisotopic (exact) mass is 378 g/mol. The standard InChI is InChI=1S/C16H13F3N6S/c17-16(18,19)9-4-3-5-10(8-9)22-12-7-2-1-6-11(12)13-24-25-15(26-13)23-14(20)21/h1-8,22H,(H4,20,21,23,25). The Morgan fingerprint density at radius 3 is 2.54 bits per heavy atom. The maximum atomic E-state index is 12.9. The highest BCUT2D eigenvalue weighted by Gasteiger charge is 2.30. The van der Waals surface area contributed by atoms with Crippen molar-refractivity contribution in [2.45, 2.75) is 6.18 Å². The number of para-hydroxylation sites is 1. The van der Waals surface area contributed by atoms with Crippen molar-refractivity contribution in [3.05, 3.63) is 54.1 Å². The molecule has 0 aliphatic rings. The molecule has 0 amide bonds. The number of halogens is 3. The Bertz CT molecular complexity index is 947. The van der Waals surface area contributed by atoms with Gasteiger partial charge in [-0.25, -0.2) is 0 Å². The van der Waals surface area contributed by atoms with Crippen molar-refractivity contribution in [3.8, 4) is 10.6 Å². The van der Waals surface area contributed by atoms with Gasteiger partial charge in [0.1, 0.15) is 0 Å². The van der Waals surface area contributed by atoms with Crippen LogP contribution in [-0.2, 0) is 6.18 Å². The summed E-state index contributed by atoms with van der Waals surface area (Å²) in [5.41, 5.74) is 11.5. The summed E-state index contributed by atoms with van der Waals surface area (Å²) < 4.78 is 38.6. The highest BCUT2D eigenvalue weighted by Crippen LogP contribution is 2.36.